The molecule has 3 rings (SSSR count). The van der Waals surface area contributed by atoms with E-state index < -0.39 is 29.3 Å². The van der Waals surface area contributed by atoms with Crippen LogP contribution in [0.15, 0.2) is 24.3 Å². The summed E-state index contributed by atoms with van der Waals surface area (Å²) < 4.78 is 58.1. The number of aryl methyl sites for hydroxylation is 1. The van der Waals surface area contributed by atoms with Crippen LogP contribution in [-0.2, 0) is 6.18 Å². The summed E-state index contributed by atoms with van der Waals surface area (Å²) in [5, 5.41) is 9.10. The summed E-state index contributed by atoms with van der Waals surface area (Å²) in [5.74, 6) is -3.00. The van der Waals surface area contributed by atoms with E-state index in [0.717, 1.165) is 18.2 Å². The highest BCUT2D eigenvalue weighted by Crippen LogP contribution is 2.38. The molecule has 0 saturated carbocycles. The van der Waals surface area contributed by atoms with Crippen molar-refractivity contribution >= 4 is 11.9 Å². The number of aromatic carboxylic acids is 1. The van der Waals surface area contributed by atoms with Crippen molar-refractivity contribution in [3.8, 4) is 5.75 Å². The molecule has 150 valence electrons. The van der Waals surface area contributed by atoms with Crippen LogP contribution in [0, 0.1) is 18.7 Å². The number of ether oxygens (including phenoxy) is 1. The summed E-state index contributed by atoms with van der Waals surface area (Å²) in [5.41, 5.74) is -0.804. The Morgan fingerprint density at radius 1 is 1.36 bits per heavy atom. The van der Waals surface area contributed by atoms with Gasteiger partial charge in [0.1, 0.15) is 5.56 Å². The van der Waals surface area contributed by atoms with Gasteiger partial charge in [0.25, 0.3) is 0 Å². The molecule has 1 fully saturated rings. The maximum absolute atomic E-state index is 13.8. The van der Waals surface area contributed by atoms with E-state index in [1.807, 2.05) is 0 Å². The van der Waals surface area contributed by atoms with Gasteiger partial charge in [0, 0.05) is 24.7 Å². The van der Waals surface area contributed by atoms with Gasteiger partial charge in [-0.3, -0.25) is 0 Å². The molecule has 1 aliphatic rings. The third-order valence-corrected chi connectivity index (χ3v) is 4.37. The van der Waals surface area contributed by atoms with Crippen LogP contribution in [0.2, 0.25) is 0 Å². The Labute approximate surface area is 157 Å². The molecule has 28 heavy (non-hydrogen) atoms. The second-order valence-electron chi connectivity index (χ2n) is 6.53. The number of benzene rings is 1. The van der Waals surface area contributed by atoms with E-state index in [1.165, 1.54) is 6.07 Å². The summed E-state index contributed by atoms with van der Waals surface area (Å²) >= 11 is 0. The number of rotatable bonds is 5. The maximum atomic E-state index is 13.8. The van der Waals surface area contributed by atoms with Gasteiger partial charge in [-0.1, -0.05) is 6.07 Å². The predicted octanol–water partition coefficient (Wildman–Crippen LogP) is 3.55. The molecule has 2 aromatic rings. The first kappa shape index (κ1) is 19.8. The molecule has 1 aliphatic heterocycles. The monoisotopic (exact) mass is 399 g/mol. The molecule has 0 amide bonds. The number of alkyl halides is 3. The highest BCUT2D eigenvalue weighted by molar-refractivity contribution is 5.85. The smallest absolute Gasteiger partial charge is 0.420 e. The number of halogens is 4. The molecule has 0 radical (unpaired) electrons. The standard InChI is InChI=1S/C18H17F4N3O3/c1-10-7-14(16(26)27)24-17(23-10)25-6-5-11(8-25)9-28-15-12(18(20,21)22)3-2-4-13(15)19/h2-4,7,11H,5-6,8-9H2,1H3,(H,26,27). The van der Waals surface area contributed by atoms with E-state index in [0.29, 0.717) is 25.2 Å². The fourth-order valence-corrected chi connectivity index (χ4v) is 3.03. The summed E-state index contributed by atoms with van der Waals surface area (Å²) in [6.45, 7) is 2.38. The van der Waals surface area contributed by atoms with Gasteiger partial charge in [0.2, 0.25) is 5.95 Å². The largest absolute Gasteiger partial charge is 0.490 e. The quantitative estimate of drug-likeness (QED) is 0.775. The van der Waals surface area contributed by atoms with E-state index >= 15 is 0 Å². The molecule has 1 saturated heterocycles. The summed E-state index contributed by atoms with van der Waals surface area (Å²) in [6.07, 6.45) is -4.16. The van der Waals surface area contributed by atoms with Crippen molar-refractivity contribution in [2.24, 2.45) is 5.92 Å². The highest BCUT2D eigenvalue weighted by atomic mass is 19.4. The van der Waals surface area contributed by atoms with Crippen LogP contribution >= 0.6 is 0 Å². The number of aromatic nitrogens is 2. The van der Waals surface area contributed by atoms with Gasteiger partial charge in [-0.05, 0) is 31.5 Å². The van der Waals surface area contributed by atoms with Gasteiger partial charge < -0.3 is 14.7 Å². The van der Waals surface area contributed by atoms with Gasteiger partial charge in [-0.2, -0.15) is 13.2 Å². The van der Waals surface area contributed by atoms with Crippen LogP contribution in [0.1, 0.15) is 28.2 Å². The first-order chi connectivity index (χ1) is 13.1. The normalized spacial score (nSPS) is 17.0. The number of para-hydroxylation sites is 1. The Morgan fingerprint density at radius 2 is 2.11 bits per heavy atom. The minimum Gasteiger partial charge on any atom is -0.490 e. The Bertz CT molecular complexity index is 889. The van der Waals surface area contributed by atoms with E-state index in [-0.39, 0.29) is 24.2 Å². The van der Waals surface area contributed by atoms with Crippen molar-refractivity contribution in [3.63, 3.8) is 0 Å². The molecule has 1 aromatic heterocycles. The second kappa shape index (κ2) is 7.61. The molecule has 1 aromatic carbocycles. The van der Waals surface area contributed by atoms with Crippen LogP contribution in [0.4, 0.5) is 23.5 Å². The lowest BCUT2D eigenvalue weighted by Gasteiger charge is -2.19. The van der Waals surface area contributed by atoms with Crippen molar-refractivity contribution in [3.05, 3.63) is 47.0 Å². The molecule has 1 N–H and O–H groups in total. The van der Waals surface area contributed by atoms with Gasteiger partial charge >= 0.3 is 12.1 Å². The lowest BCUT2D eigenvalue weighted by Crippen LogP contribution is -2.25. The molecule has 2 heterocycles. The molecular weight excluding hydrogens is 382 g/mol. The van der Waals surface area contributed by atoms with Gasteiger partial charge in [0.05, 0.1) is 6.61 Å². The molecule has 1 atom stereocenters. The van der Waals surface area contributed by atoms with Crippen LogP contribution in [0.25, 0.3) is 0 Å². The highest BCUT2D eigenvalue weighted by Gasteiger charge is 2.36. The zero-order chi connectivity index (χ0) is 20.5. The minimum atomic E-state index is -4.72. The fourth-order valence-electron chi connectivity index (χ4n) is 3.03. The average Bonchev–Trinajstić information content (AvgIpc) is 3.08. The van der Waals surface area contributed by atoms with E-state index in [1.54, 1.807) is 11.8 Å². The molecular formula is C18H17F4N3O3. The Hall–Kier alpha value is -2.91. The zero-order valence-electron chi connectivity index (χ0n) is 14.8. The average molecular weight is 399 g/mol. The van der Waals surface area contributed by atoms with E-state index in [4.69, 9.17) is 9.84 Å². The van der Waals surface area contributed by atoms with Crippen LogP contribution in [-0.4, -0.2) is 40.7 Å². The molecule has 0 bridgehead atoms. The Kier molecular flexibility index (Phi) is 5.39. The number of nitrogens with zero attached hydrogens (tertiary/aromatic N) is 3. The molecule has 1 unspecified atom stereocenters. The topological polar surface area (TPSA) is 75.5 Å². The molecule has 0 aliphatic carbocycles. The lowest BCUT2D eigenvalue weighted by atomic mass is 10.1. The van der Waals surface area contributed by atoms with Crippen LogP contribution in [0.3, 0.4) is 0 Å². The Balaban J connectivity index is 1.69. The summed E-state index contributed by atoms with van der Waals surface area (Å²) in [7, 11) is 0. The number of anilines is 1. The number of carboxylic acid groups (broad SMARTS) is 1. The summed E-state index contributed by atoms with van der Waals surface area (Å²) in [4.78, 5) is 21.1. The summed E-state index contributed by atoms with van der Waals surface area (Å²) in [6, 6.07) is 4.02. The zero-order valence-corrected chi connectivity index (χ0v) is 14.8. The SMILES string of the molecule is Cc1cc(C(=O)O)nc(N2CCC(COc3c(F)cccc3C(F)(F)F)C2)n1. The third kappa shape index (κ3) is 4.32. The number of hydrogen-bond donors (Lipinski definition) is 1. The van der Waals surface area contributed by atoms with Gasteiger partial charge in [-0.25, -0.2) is 19.2 Å². The van der Waals surface area contributed by atoms with E-state index in [2.05, 4.69) is 9.97 Å². The van der Waals surface area contributed by atoms with Crippen molar-refractivity contribution in [2.45, 2.75) is 19.5 Å². The van der Waals surface area contributed by atoms with Crippen molar-refractivity contribution in [2.75, 3.05) is 24.6 Å². The minimum absolute atomic E-state index is 0.113. The van der Waals surface area contributed by atoms with E-state index in [9.17, 15) is 22.4 Å². The van der Waals surface area contributed by atoms with Gasteiger partial charge in [0.15, 0.2) is 17.3 Å². The van der Waals surface area contributed by atoms with Crippen molar-refractivity contribution < 1.29 is 32.2 Å². The maximum Gasteiger partial charge on any atom is 0.420 e. The molecule has 0 spiro atoms. The Morgan fingerprint density at radius 3 is 2.79 bits per heavy atom. The van der Waals surface area contributed by atoms with Crippen LogP contribution < -0.4 is 9.64 Å². The fraction of sp³-hybridized carbons (Fsp3) is 0.389. The first-order valence-electron chi connectivity index (χ1n) is 8.47. The first-order valence-corrected chi connectivity index (χ1v) is 8.47. The third-order valence-electron chi connectivity index (χ3n) is 4.37. The number of carbonyl (C=O) groups is 1. The molecule has 10 heteroatoms. The van der Waals surface area contributed by atoms with Gasteiger partial charge in [-0.15, -0.1) is 0 Å². The van der Waals surface area contributed by atoms with Crippen molar-refractivity contribution in [1.82, 2.24) is 9.97 Å². The number of carboxylic acids is 1. The predicted molar refractivity (Wildman–Crippen MR) is 90.9 cm³/mol. The second-order valence-corrected chi connectivity index (χ2v) is 6.53. The van der Waals surface area contributed by atoms with Crippen molar-refractivity contribution in [1.29, 1.82) is 0 Å². The van der Waals surface area contributed by atoms with Crippen LogP contribution in [0.5, 0.6) is 5.75 Å². The lowest BCUT2D eigenvalue weighted by molar-refractivity contribution is -0.139. The number of hydrogen-bond acceptors (Lipinski definition) is 5. The molecule has 6 nitrogen and oxygen atoms in total.